The Kier molecular flexibility index (Phi) is 18.8. The molecule has 0 radical (unpaired) electrons. The lowest BCUT2D eigenvalue weighted by atomic mass is 9.97. The van der Waals surface area contributed by atoms with Crippen molar-refractivity contribution in [2.75, 3.05) is 7.11 Å². The summed E-state index contributed by atoms with van der Waals surface area (Å²) in [4.78, 5) is 33.6. The van der Waals surface area contributed by atoms with Gasteiger partial charge in [0.1, 0.15) is 36.2 Å². The molecule has 0 aliphatic heterocycles. The summed E-state index contributed by atoms with van der Waals surface area (Å²) in [5.74, 6) is -0.295. The van der Waals surface area contributed by atoms with Crippen molar-refractivity contribution in [3.8, 4) is 23.0 Å². The fourth-order valence-electron chi connectivity index (χ4n) is 8.55. The molecule has 2 unspecified atom stereocenters. The number of ether oxygens (including phenoxy) is 5. The van der Waals surface area contributed by atoms with Crippen LogP contribution in [0.4, 0.5) is 26.3 Å². The number of hydrogen-bond acceptors (Lipinski definition) is 13. The zero-order chi connectivity index (χ0) is 55.3. The van der Waals surface area contributed by atoms with Gasteiger partial charge in [-0.2, -0.15) is 26.3 Å². The number of methoxy groups -OCH3 is 1. The molecule has 0 fully saturated rings. The van der Waals surface area contributed by atoms with E-state index in [2.05, 4.69) is 20.3 Å². The first kappa shape index (κ1) is 56.6. The van der Waals surface area contributed by atoms with E-state index in [0.29, 0.717) is 102 Å². The minimum Gasteiger partial charge on any atom is -0.487 e. The molecule has 4 aromatic heterocycles. The SMILES string of the molecule is CCCc1cc2c(C(F)(F)F)noc2c(CCC)c1OC(C(=O)O)c1ccc(OCc2ccccn2)cc1.CCCc1cc2c(C(F)(F)F)noc2c(CCC)c1OC(C(=O)OC)c1ccc(OCc2ccccn2)cc1. The summed E-state index contributed by atoms with van der Waals surface area (Å²) >= 11 is 0. The number of pyridine rings is 2. The molecule has 4 aromatic carbocycles. The Morgan fingerprint density at radius 1 is 0.571 bits per heavy atom. The van der Waals surface area contributed by atoms with Crippen LogP contribution in [0, 0.1) is 0 Å². The van der Waals surface area contributed by atoms with Crippen molar-refractivity contribution in [2.45, 2.75) is 117 Å². The molecular weight excluding hydrogens is 1010 g/mol. The number of benzene rings is 4. The zero-order valence-electron chi connectivity index (χ0n) is 42.8. The van der Waals surface area contributed by atoms with Crippen molar-refractivity contribution >= 4 is 33.9 Å². The molecule has 0 amide bonds. The number of carboxylic acids is 1. The molecule has 0 saturated carbocycles. The van der Waals surface area contributed by atoms with Crippen LogP contribution in [-0.4, -0.2) is 44.4 Å². The third kappa shape index (κ3) is 13.8. The molecule has 8 rings (SSSR count). The second-order valence-corrected chi connectivity index (χ2v) is 17.7. The predicted octanol–water partition coefficient (Wildman–Crippen LogP) is 13.9. The van der Waals surface area contributed by atoms with Crippen molar-refractivity contribution in [3.05, 3.63) is 166 Å². The van der Waals surface area contributed by atoms with Crippen LogP contribution in [0.2, 0.25) is 0 Å². The summed E-state index contributed by atoms with van der Waals surface area (Å²) in [7, 11) is 1.25. The molecule has 8 aromatic rings. The average molecular weight is 1070 g/mol. The van der Waals surface area contributed by atoms with Gasteiger partial charge in [0.2, 0.25) is 12.2 Å². The molecule has 0 aliphatic rings. The molecule has 0 bridgehead atoms. The van der Waals surface area contributed by atoms with Crippen molar-refractivity contribution in [2.24, 2.45) is 0 Å². The highest BCUT2D eigenvalue weighted by Gasteiger charge is 2.40. The first-order chi connectivity index (χ1) is 37.0. The van der Waals surface area contributed by atoms with E-state index < -0.39 is 47.9 Å². The van der Waals surface area contributed by atoms with Gasteiger partial charge in [-0.05, 0) is 97.5 Å². The Morgan fingerprint density at radius 2 is 0.974 bits per heavy atom. The fraction of sp³-hybridized carbons (Fsp3) is 0.333. The van der Waals surface area contributed by atoms with Gasteiger partial charge in [0.15, 0.2) is 22.6 Å². The van der Waals surface area contributed by atoms with Gasteiger partial charge in [-0.3, -0.25) is 9.97 Å². The van der Waals surface area contributed by atoms with Crippen LogP contribution in [0.25, 0.3) is 21.9 Å². The third-order valence-corrected chi connectivity index (χ3v) is 12.1. The largest absolute Gasteiger partial charge is 0.487 e. The van der Waals surface area contributed by atoms with E-state index in [-0.39, 0.29) is 40.9 Å². The summed E-state index contributed by atoms with van der Waals surface area (Å²) < 4.78 is 121. The molecule has 406 valence electrons. The quantitative estimate of drug-likeness (QED) is 0.0500. The standard InChI is InChI=1S/C29H29F3N2O5.C28H27F3N2O5/c1-4-8-19-16-23-26(39-34-27(23)29(30,31)32)22(9-5-2)24(19)38-25(28(35)36-3)18-11-13-21(14-12-18)37-17-20-10-6-7-15-33-20;1-3-7-18-15-22-25(38-33-26(22)28(29,30)31)21(8-4-2)23(18)37-24(27(34)35)17-10-12-20(13-11-17)36-16-19-9-5-6-14-32-19/h6-7,10-16,25H,4-5,8-9,17H2,1-3H3;5-6,9-15,24H,3-4,7-8,16H2,1-2H3,(H,34,35). The highest BCUT2D eigenvalue weighted by atomic mass is 19.4. The minimum absolute atomic E-state index is 0.000846. The molecule has 77 heavy (non-hydrogen) atoms. The summed E-state index contributed by atoms with van der Waals surface area (Å²) in [5.41, 5.74) is 1.93. The second kappa shape index (κ2) is 25.6. The number of fused-ring (bicyclic) bond motifs is 2. The molecular formula is C57H56F6N4O10. The van der Waals surface area contributed by atoms with Crippen LogP contribution in [0.5, 0.6) is 23.0 Å². The molecule has 0 saturated heterocycles. The van der Waals surface area contributed by atoms with Crippen molar-refractivity contribution in [3.63, 3.8) is 0 Å². The Hall–Kier alpha value is -8.16. The van der Waals surface area contributed by atoms with E-state index in [1.165, 1.54) is 19.2 Å². The van der Waals surface area contributed by atoms with Crippen molar-refractivity contribution in [1.29, 1.82) is 0 Å². The lowest BCUT2D eigenvalue weighted by Crippen LogP contribution is -2.21. The van der Waals surface area contributed by atoms with E-state index >= 15 is 0 Å². The van der Waals surface area contributed by atoms with Crippen LogP contribution in [0.1, 0.15) is 122 Å². The van der Waals surface area contributed by atoms with E-state index in [4.69, 9.17) is 32.7 Å². The first-order valence-electron chi connectivity index (χ1n) is 24.9. The molecule has 2 atom stereocenters. The van der Waals surface area contributed by atoms with Gasteiger partial charge in [-0.1, -0.05) is 100 Å². The van der Waals surface area contributed by atoms with Crippen LogP contribution < -0.4 is 18.9 Å². The zero-order valence-corrected chi connectivity index (χ0v) is 42.8. The Balaban J connectivity index is 0.000000224. The van der Waals surface area contributed by atoms with E-state index in [0.717, 1.165) is 11.4 Å². The number of esters is 1. The van der Waals surface area contributed by atoms with Gasteiger partial charge in [0.25, 0.3) is 0 Å². The topological polar surface area (TPSA) is 178 Å². The molecule has 0 spiro atoms. The number of hydrogen-bond donors (Lipinski definition) is 1. The fourth-order valence-corrected chi connectivity index (χ4v) is 8.55. The van der Waals surface area contributed by atoms with Gasteiger partial charge in [0.05, 0.1) is 29.3 Å². The summed E-state index contributed by atoms with van der Waals surface area (Å²) in [6.45, 7) is 8.06. The highest BCUT2D eigenvalue weighted by Crippen LogP contribution is 2.44. The smallest absolute Gasteiger partial charge is 0.437 e. The second-order valence-electron chi connectivity index (χ2n) is 17.7. The summed E-state index contributed by atoms with van der Waals surface area (Å²) in [6, 6.07) is 27.0. The average Bonchev–Trinajstić information content (AvgIpc) is 4.08. The van der Waals surface area contributed by atoms with Crippen molar-refractivity contribution < 1.29 is 73.8 Å². The minimum atomic E-state index is -4.69. The van der Waals surface area contributed by atoms with Gasteiger partial charge in [-0.15, -0.1) is 0 Å². The van der Waals surface area contributed by atoms with Crippen LogP contribution in [-0.2, 0) is 65.6 Å². The number of carbonyl (C=O) groups excluding carboxylic acids is 1. The van der Waals surface area contributed by atoms with E-state index in [9.17, 15) is 41.0 Å². The van der Waals surface area contributed by atoms with E-state index in [1.807, 2.05) is 58.0 Å². The number of aromatic nitrogens is 4. The first-order valence-corrected chi connectivity index (χ1v) is 24.9. The normalized spacial score (nSPS) is 12.4. The summed E-state index contributed by atoms with van der Waals surface area (Å²) in [5, 5.41) is 16.4. The molecule has 20 heteroatoms. The number of alkyl halides is 6. The number of nitrogens with zero attached hydrogens (tertiary/aromatic N) is 4. The monoisotopic (exact) mass is 1070 g/mol. The maximum absolute atomic E-state index is 13.6. The number of aryl methyl sites for hydroxylation is 4. The number of carbonyl (C=O) groups is 2. The lowest BCUT2D eigenvalue weighted by molar-refractivity contribution is -0.149. The molecule has 0 aliphatic carbocycles. The molecule has 1 N–H and O–H groups in total. The van der Waals surface area contributed by atoms with Crippen LogP contribution in [0.15, 0.2) is 119 Å². The Morgan fingerprint density at radius 3 is 1.32 bits per heavy atom. The van der Waals surface area contributed by atoms with Gasteiger partial charge in [0, 0.05) is 34.6 Å². The molecule has 14 nitrogen and oxygen atoms in total. The number of aliphatic carboxylic acids is 1. The molecule has 4 heterocycles. The van der Waals surface area contributed by atoms with Crippen LogP contribution in [0.3, 0.4) is 0 Å². The maximum atomic E-state index is 13.6. The number of carboxylic acid groups (broad SMARTS) is 1. The Labute approximate surface area is 439 Å². The van der Waals surface area contributed by atoms with Gasteiger partial charge >= 0.3 is 24.3 Å². The third-order valence-electron chi connectivity index (χ3n) is 12.1. The summed E-state index contributed by atoms with van der Waals surface area (Å²) in [6.07, 6.45) is -4.66. The van der Waals surface area contributed by atoms with Crippen LogP contribution >= 0.6 is 0 Å². The van der Waals surface area contributed by atoms with E-state index in [1.54, 1.807) is 67.0 Å². The number of rotatable bonds is 22. The predicted molar refractivity (Wildman–Crippen MR) is 270 cm³/mol. The maximum Gasteiger partial charge on any atom is 0.437 e. The lowest BCUT2D eigenvalue weighted by Gasteiger charge is -2.22. The number of halogens is 6. The van der Waals surface area contributed by atoms with Gasteiger partial charge < -0.3 is 37.8 Å². The van der Waals surface area contributed by atoms with Gasteiger partial charge in [-0.25, -0.2) is 9.59 Å². The van der Waals surface area contributed by atoms with Crippen molar-refractivity contribution in [1.82, 2.24) is 20.3 Å². The highest BCUT2D eigenvalue weighted by molar-refractivity contribution is 5.88. The Bertz CT molecular complexity index is 3220.